The van der Waals surface area contributed by atoms with Gasteiger partial charge in [-0.2, -0.15) is 5.10 Å². The minimum atomic E-state index is -0.315. The van der Waals surface area contributed by atoms with Gasteiger partial charge in [-0.25, -0.2) is 4.68 Å². The molecule has 3 aromatic rings. The lowest BCUT2D eigenvalue weighted by Gasteiger charge is -2.36. The summed E-state index contributed by atoms with van der Waals surface area (Å²) in [6.45, 7) is 3.25. The molecule has 0 saturated carbocycles. The van der Waals surface area contributed by atoms with Crippen LogP contribution < -0.4 is 20.7 Å². The maximum Gasteiger partial charge on any atom is 0.267 e. The molecule has 1 aliphatic rings. The summed E-state index contributed by atoms with van der Waals surface area (Å²) in [6.07, 6.45) is 1.54. The van der Waals surface area contributed by atoms with E-state index in [-0.39, 0.29) is 24.6 Å². The van der Waals surface area contributed by atoms with E-state index in [2.05, 4.69) is 20.2 Å². The van der Waals surface area contributed by atoms with Crippen LogP contribution in [0.2, 0.25) is 5.02 Å². The molecule has 0 radical (unpaired) electrons. The van der Waals surface area contributed by atoms with Gasteiger partial charge < -0.3 is 19.5 Å². The van der Waals surface area contributed by atoms with Gasteiger partial charge in [0.1, 0.15) is 18.1 Å². The Morgan fingerprint density at radius 2 is 1.87 bits per heavy atom. The Balaban J connectivity index is 1.37. The Labute approximate surface area is 178 Å². The van der Waals surface area contributed by atoms with Crippen LogP contribution in [0.3, 0.4) is 0 Å². The highest BCUT2D eigenvalue weighted by molar-refractivity contribution is 6.30. The topological polar surface area (TPSA) is 83.6 Å². The van der Waals surface area contributed by atoms with Crippen molar-refractivity contribution in [1.29, 1.82) is 0 Å². The van der Waals surface area contributed by atoms with Gasteiger partial charge in [0.2, 0.25) is 5.91 Å². The predicted octanol–water partition coefficient (Wildman–Crippen LogP) is 2.13. The number of benzene rings is 1. The fourth-order valence-corrected chi connectivity index (χ4v) is 3.56. The van der Waals surface area contributed by atoms with Crippen molar-refractivity contribution in [3.05, 3.63) is 75.9 Å². The molecule has 8 nitrogen and oxygen atoms in total. The van der Waals surface area contributed by atoms with Crippen molar-refractivity contribution in [2.24, 2.45) is 0 Å². The molecule has 0 atom stereocenters. The molecule has 0 spiro atoms. The average Bonchev–Trinajstić information content (AvgIpc) is 3.28. The van der Waals surface area contributed by atoms with Gasteiger partial charge in [0.15, 0.2) is 0 Å². The second-order valence-electron chi connectivity index (χ2n) is 7.00. The number of nitrogens with one attached hydrogen (secondary N) is 1. The Kier molecular flexibility index (Phi) is 6.04. The molecule has 1 amide bonds. The maximum atomic E-state index is 12.2. The number of hydrogen-bond acceptors (Lipinski definition) is 6. The minimum Gasteiger partial charge on any atom is -0.467 e. The van der Waals surface area contributed by atoms with Gasteiger partial charge in [-0.1, -0.05) is 17.7 Å². The van der Waals surface area contributed by atoms with E-state index < -0.39 is 0 Å². The smallest absolute Gasteiger partial charge is 0.267 e. The summed E-state index contributed by atoms with van der Waals surface area (Å²) < 4.78 is 6.38. The lowest BCUT2D eigenvalue weighted by Crippen LogP contribution is -2.47. The number of nitrogens with zero attached hydrogens (tertiary/aromatic N) is 4. The monoisotopic (exact) mass is 427 g/mol. The fourth-order valence-electron chi connectivity index (χ4n) is 3.38. The summed E-state index contributed by atoms with van der Waals surface area (Å²) >= 11 is 6.10. The van der Waals surface area contributed by atoms with E-state index in [4.69, 9.17) is 16.0 Å². The first-order chi connectivity index (χ1) is 14.6. The van der Waals surface area contributed by atoms with Crippen molar-refractivity contribution >= 4 is 29.0 Å². The molecule has 0 aliphatic carbocycles. The summed E-state index contributed by atoms with van der Waals surface area (Å²) in [5.74, 6) is 1.03. The quantitative estimate of drug-likeness (QED) is 0.648. The SMILES string of the molecule is O=C(Cn1nc(N2CCN(c3cccc(Cl)c3)CC2)ccc1=O)NCc1ccco1. The molecular weight excluding hydrogens is 406 g/mol. The van der Waals surface area contributed by atoms with Crippen LogP contribution in [0.4, 0.5) is 11.5 Å². The number of piperazine rings is 1. The molecule has 30 heavy (non-hydrogen) atoms. The molecule has 4 rings (SSSR count). The van der Waals surface area contributed by atoms with Crippen LogP contribution in [0.15, 0.2) is 64.0 Å². The van der Waals surface area contributed by atoms with Gasteiger partial charge in [0, 0.05) is 43.0 Å². The third kappa shape index (κ3) is 4.83. The van der Waals surface area contributed by atoms with E-state index in [1.165, 1.54) is 10.7 Å². The zero-order valence-electron chi connectivity index (χ0n) is 16.3. The highest BCUT2D eigenvalue weighted by Gasteiger charge is 2.19. The van der Waals surface area contributed by atoms with E-state index in [0.717, 1.165) is 31.9 Å². The Morgan fingerprint density at radius 3 is 2.60 bits per heavy atom. The normalized spacial score (nSPS) is 14.0. The van der Waals surface area contributed by atoms with Gasteiger partial charge in [0.25, 0.3) is 5.56 Å². The molecule has 2 aromatic heterocycles. The number of carbonyl (C=O) groups is 1. The molecule has 1 saturated heterocycles. The zero-order valence-corrected chi connectivity index (χ0v) is 17.1. The summed E-state index contributed by atoms with van der Waals surface area (Å²) in [4.78, 5) is 28.7. The Morgan fingerprint density at radius 1 is 1.07 bits per heavy atom. The van der Waals surface area contributed by atoms with Crippen LogP contribution in [0.5, 0.6) is 0 Å². The molecule has 0 unspecified atom stereocenters. The molecule has 0 bridgehead atoms. The first-order valence-electron chi connectivity index (χ1n) is 9.71. The molecule has 3 heterocycles. The van der Waals surface area contributed by atoms with Crippen LogP contribution in [-0.4, -0.2) is 41.9 Å². The third-order valence-corrected chi connectivity index (χ3v) is 5.20. The number of anilines is 2. The van der Waals surface area contributed by atoms with Crippen molar-refractivity contribution < 1.29 is 9.21 Å². The summed E-state index contributed by atoms with van der Waals surface area (Å²) in [6, 6.07) is 14.5. The summed E-state index contributed by atoms with van der Waals surface area (Å²) in [5, 5.41) is 7.84. The fraction of sp³-hybridized carbons (Fsp3) is 0.286. The highest BCUT2D eigenvalue weighted by Crippen LogP contribution is 2.22. The molecular formula is C21H22ClN5O3. The van der Waals surface area contributed by atoms with Gasteiger partial charge in [0.05, 0.1) is 12.8 Å². The summed E-state index contributed by atoms with van der Waals surface area (Å²) in [7, 11) is 0. The number of rotatable bonds is 6. The average molecular weight is 428 g/mol. The van der Waals surface area contributed by atoms with Crippen LogP contribution in [0, 0.1) is 0 Å². The third-order valence-electron chi connectivity index (χ3n) is 4.96. The van der Waals surface area contributed by atoms with Crippen LogP contribution in [-0.2, 0) is 17.9 Å². The van der Waals surface area contributed by atoms with E-state index in [9.17, 15) is 9.59 Å². The number of aromatic nitrogens is 2. The number of carbonyl (C=O) groups excluding carboxylic acids is 1. The standard InChI is InChI=1S/C21H22ClN5O3/c22-16-3-1-4-17(13-16)25-8-10-26(11-9-25)19-6-7-21(29)27(24-19)15-20(28)23-14-18-5-2-12-30-18/h1-7,12-13H,8-11,14-15H2,(H,23,28). The highest BCUT2D eigenvalue weighted by atomic mass is 35.5. The molecule has 1 aromatic carbocycles. The second kappa shape index (κ2) is 9.04. The van der Waals surface area contributed by atoms with Crippen LogP contribution >= 0.6 is 11.6 Å². The zero-order chi connectivity index (χ0) is 20.9. The first-order valence-corrected chi connectivity index (χ1v) is 10.1. The van der Waals surface area contributed by atoms with Crippen molar-refractivity contribution in [2.45, 2.75) is 13.1 Å². The van der Waals surface area contributed by atoms with Crippen LogP contribution in [0.25, 0.3) is 0 Å². The largest absolute Gasteiger partial charge is 0.467 e. The van der Waals surface area contributed by atoms with Gasteiger partial charge >= 0.3 is 0 Å². The van der Waals surface area contributed by atoms with E-state index in [1.54, 1.807) is 24.5 Å². The predicted molar refractivity (Wildman–Crippen MR) is 115 cm³/mol. The molecule has 156 valence electrons. The lowest BCUT2D eigenvalue weighted by atomic mass is 10.2. The van der Waals surface area contributed by atoms with Gasteiger partial charge in [-0.3, -0.25) is 9.59 Å². The number of amides is 1. The molecule has 1 fully saturated rings. The molecule has 1 N–H and O–H groups in total. The van der Waals surface area contributed by atoms with Gasteiger partial charge in [-0.15, -0.1) is 0 Å². The Hall–Kier alpha value is -3.26. The van der Waals surface area contributed by atoms with Crippen LogP contribution in [0.1, 0.15) is 5.76 Å². The second-order valence-corrected chi connectivity index (χ2v) is 7.43. The van der Waals surface area contributed by atoms with Crippen molar-refractivity contribution in [3.63, 3.8) is 0 Å². The van der Waals surface area contributed by atoms with Gasteiger partial charge in [-0.05, 0) is 36.4 Å². The first kappa shape index (κ1) is 20.0. The van der Waals surface area contributed by atoms with E-state index in [0.29, 0.717) is 16.6 Å². The number of furan rings is 1. The van der Waals surface area contributed by atoms with Crippen molar-refractivity contribution in [1.82, 2.24) is 15.1 Å². The number of halogens is 1. The molecule has 9 heteroatoms. The Bertz CT molecular complexity index is 1060. The van der Waals surface area contributed by atoms with Crippen molar-refractivity contribution in [3.8, 4) is 0 Å². The maximum absolute atomic E-state index is 12.2. The minimum absolute atomic E-state index is 0.143. The van der Waals surface area contributed by atoms with Crippen molar-refractivity contribution in [2.75, 3.05) is 36.0 Å². The van der Waals surface area contributed by atoms with E-state index >= 15 is 0 Å². The van der Waals surface area contributed by atoms with E-state index in [1.807, 2.05) is 24.3 Å². The molecule has 1 aliphatic heterocycles. The summed E-state index contributed by atoms with van der Waals surface area (Å²) in [5.41, 5.74) is 0.776. The lowest BCUT2D eigenvalue weighted by molar-refractivity contribution is -0.122. The number of hydrogen-bond donors (Lipinski definition) is 1.